The van der Waals surface area contributed by atoms with Crippen molar-refractivity contribution in [2.45, 2.75) is 6.92 Å². The van der Waals surface area contributed by atoms with Gasteiger partial charge in [-0.25, -0.2) is 4.79 Å². The van der Waals surface area contributed by atoms with Crippen molar-refractivity contribution in [3.63, 3.8) is 0 Å². The molecule has 0 aliphatic carbocycles. The fraction of sp³-hybridized carbons (Fsp3) is 0.444. The van der Waals surface area contributed by atoms with Crippen LogP contribution in [0.5, 0.6) is 0 Å². The summed E-state index contributed by atoms with van der Waals surface area (Å²) in [5, 5.41) is 25.3. The molecule has 0 aliphatic heterocycles. The predicted molar refractivity (Wildman–Crippen MR) is 49.1 cm³/mol. The summed E-state index contributed by atoms with van der Waals surface area (Å²) in [7, 11) is 0. The first-order chi connectivity index (χ1) is 6.61. The molecule has 0 heterocycles. The van der Waals surface area contributed by atoms with Crippen molar-refractivity contribution in [2.24, 2.45) is 0 Å². The second-order valence-electron chi connectivity index (χ2n) is 2.68. The monoisotopic (exact) mass is 193 g/mol. The third kappa shape index (κ3) is 4.91. The Morgan fingerprint density at radius 2 is 1.93 bits per heavy atom. The zero-order valence-electron chi connectivity index (χ0n) is 7.90. The Kier molecular flexibility index (Phi) is 5.77. The molecule has 0 spiro atoms. The first kappa shape index (κ1) is 12.2. The van der Waals surface area contributed by atoms with E-state index in [-0.39, 0.29) is 18.7 Å². The van der Waals surface area contributed by atoms with Gasteiger partial charge in [0.05, 0.1) is 25.2 Å². The highest BCUT2D eigenvalue weighted by Gasteiger charge is 2.03. The first-order valence-corrected chi connectivity index (χ1v) is 3.98. The molecule has 0 radical (unpaired) electrons. The topological polar surface area (TPSA) is 88.1 Å². The SMILES string of the molecule is CC(=CCN(CC#N)CC#N)C(=O)O. The number of aliphatic carboxylic acids is 1. The van der Waals surface area contributed by atoms with Crippen molar-refractivity contribution in [3.05, 3.63) is 11.6 Å². The molecule has 0 fully saturated rings. The highest BCUT2D eigenvalue weighted by Crippen LogP contribution is 1.94. The Hall–Kier alpha value is -1.85. The van der Waals surface area contributed by atoms with Gasteiger partial charge in [0.1, 0.15) is 0 Å². The number of nitriles is 2. The van der Waals surface area contributed by atoms with Gasteiger partial charge in [-0.05, 0) is 6.92 Å². The number of nitrogens with zero attached hydrogens (tertiary/aromatic N) is 3. The maximum absolute atomic E-state index is 10.4. The lowest BCUT2D eigenvalue weighted by Gasteiger charge is -2.11. The lowest BCUT2D eigenvalue weighted by Crippen LogP contribution is -2.25. The Labute approximate surface area is 82.5 Å². The van der Waals surface area contributed by atoms with Crippen LogP contribution in [-0.4, -0.2) is 35.6 Å². The van der Waals surface area contributed by atoms with Gasteiger partial charge in [0.15, 0.2) is 0 Å². The van der Waals surface area contributed by atoms with Crippen molar-refractivity contribution >= 4 is 5.97 Å². The van der Waals surface area contributed by atoms with E-state index < -0.39 is 5.97 Å². The molecular formula is C9H11N3O2. The standard InChI is InChI=1S/C9H11N3O2/c1-8(9(13)14)2-5-12(6-3-10)7-4-11/h2H,5-7H2,1H3,(H,13,14). The Morgan fingerprint density at radius 3 is 2.29 bits per heavy atom. The van der Waals surface area contributed by atoms with Gasteiger partial charge in [-0.2, -0.15) is 10.5 Å². The van der Waals surface area contributed by atoms with E-state index in [1.807, 2.05) is 12.1 Å². The average molecular weight is 193 g/mol. The molecule has 0 saturated carbocycles. The summed E-state index contributed by atoms with van der Waals surface area (Å²) in [4.78, 5) is 12.0. The Balaban J connectivity index is 4.19. The van der Waals surface area contributed by atoms with Gasteiger partial charge < -0.3 is 5.11 Å². The summed E-state index contributed by atoms with van der Waals surface area (Å²) >= 11 is 0. The second-order valence-corrected chi connectivity index (χ2v) is 2.68. The number of carboxylic acids is 1. The molecule has 74 valence electrons. The first-order valence-electron chi connectivity index (χ1n) is 3.98. The van der Waals surface area contributed by atoms with Crippen LogP contribution in [0.4, 0.5) is 0 Å². The van der Waals surface area contributed by atoms with Gasteiger partial charge in [0.2, 0.25) is 0 Å². The van der Waals surface area contributed by atoms with Gasteiger partial charge in [0, 0.05) is 12.1 Å². The molecular weight excluding hydrogens is 182 g/mol. The number of carboxylic acid groups (broad SMARTS) is 1. The largest absolute Gasteiger partial charge is 0.478 e. The van der Waals surface area contributed by atoms with E-state index in [1.54, 1.807) is 4.90 Å². The minimum absolute atomic E-state index is 0.122. The zero-order chi connectivity index (χ0) is 11.0. The Bertz CT molecular complexity index is 293. The van der Waals surface area contributed by atoms with E-state index >= 15 is 0 Å². The molecule has 0 aromatic rings. The molecule has 0 atom stereocenters. The van der Waals surface area contributed by atoms with Gasteiger partial charge >= 0.3 is 5.97 Å². The summed E-state index contributed by atoms with van der Waals surface area (Å²) in [5.41, 5.74) is 0.214. The lowest BCUT2D eigenvalue weighted by atomic mass is 10.3. The second kappa shape index (κ2) is 6.64. The van der Waals surface area contributed by atoms with Crippen LogP contribution in [0.2, 0.25) is 0 Å². The van der Waals surface area contributed by atoms with Gasteiger partial charge in [-0.1, -0.05) is 6.08 Å². The average Bonchev–Trinajstić information content (AvgIpc) is 2.14. The summed E-state index contributed by atoms with van der Waals surface area (Å²) in [6, 6.07) is 3.81. The van der Waals surface area contributed by atoms with E-state index in [1.165, 1.54) is 13.0 Å². The van der Waals surface area contributed by atoms with Gasteiger partial charge in [0.25, 0.3) is 0 Å². The molecule has 14 heavy (non-hydrogen) atoms. The fourth-order valence-electron chi connectivity index (χ4n) is 0.738. The van der Waals surface area contributed by atoms with Crippen LogP contribution >= 0.6 is 0 Å². The summed E-state index contributed by atoms with van der Waals surface area (Å²) in [5.74, 6) is -0.987. The minimum atomic E-state index is -0.987. The zero-order valence-corrected chi connectivity index (χ0v) is 7.90. The highest BCUT2D eigenvalue weighted by atomic mass is 16.4. The van der Waals surface area contributed by atoms with Crippen LogP contribution in [0.25, 0.3) is 0 Å². The minimum Gasteiger partial charge on any atom is -0.478 e. The quantitative estimate of drug-likeness (QED) is 0.503. The normalized spacial score (nSPS) is 10.7. The van der Waals surface area contributed by atoms with Crippen molar-refractivity contribution in [1.29, 1.82) is 10.5 Å². The molecule has 0 rings (SSSR count). The smallest absolute Gasteiger partial charge is 0.330 e. The number of rotatable bonds is 5. The molecule has 0 aliphatic rings. The van der Waals surface area contributed by atoms with Crippen molar-refractivity contribution in [1.82, 2.24) is 4.90 Å². The van der Waals surface area contributed by atoms with Crippen LogP contribution < -0.4 is 0 Å². The number of hydrogen-bond acceptors (Lipinski definition) is 4. The van der Waals surface area contributed by atoms with Crippen molar-refractivity contribution in [2.75, 3.05) is 19.6 Å². The molecule has 0 unspecified atom stereocenters. The third-order valence-electron chi connectivity index (χ3n) is 1.58. The maximum Gasteiger partial charge on any atom is 0.330 e. The Morgan fingerprint density at radius 1 is 1.43 bits per heavy atom. The molecule has 0 aromatic heterocycles. The van der Waals surface area contributed by atoms with E-state index in [2.05, 4.69) is 0 Å². The van der Waals surface area contributed by atoms with Crippen LogP contribution in [0.3, 0.4) is 0 Å². The van der Waals surface area contributed by atoms with Crippen LogP contribution in [0.15, 0.2) is 11.6 Å². The third-order valence-corrected chi connectivity index (χ3v) is 1.58. The highest BCUT2D eigenvalue weighted by molar-refractivity contribution is 5.85. The van der Waals surface area contributed by atoms with Crippen LogP contribution in [-0.2, 0) is 4.79 Å². The fourth-order valence-corrected chi connectivity index (χ4v) is 0.738. The summed E-state index contributed by atoms with van der Waals surface area (Å²) in [6.07, 6.45) is 1.48. The van der Waals surface area contributed by atoms with E-state index in [0.717, 1.165) is 0 Å². The van der Waals surface area contributed by atoms with Crippen molar-refractivity contribution in [3.8, 4) is 12.1 Å². The maximum atomic E-state index is 10.4. The van der Waals surface area contributed by atoms with Gasteiger partial charge in [-0.15, -0.1) is 0 Å². The number of carbonyl (C=O) groups is 1. The predicted octanol–water partition coefficient (Wildman–Crippen LogP) is 0.366. The lowest BCUT2D eigenvalue weighted by molar-refractivity contribution is -0.132. The van der Waals surface area contributed by atoms with E-state index in [0.29, 0.717) is 6.54 Å². The number of hydrogen-bond donors (Lipinski definition) is 1. The molecule has 5 heteroatoms. The van der Waals surface area contributed by atoms with Crippen molar-refractivity contribution < 1.29 is 9.90 Å². The van der Waals surface area contributed by atoms with Gasteiger partial charge in [-0.3, -0.25) is 4.90 Å². The molecule has 0 saturated heterocycles. The van der Waals surface area contributed by atoms with E-state index in [4.69, 9.17) is 15.6 Å². The van der Waals surface area contributed by atoms with Crippen LogP contribution in [0.1, 0.15) is 6.92 Å². The van der Waals surface area contributed by atoms with E-state index in [9.17, 15) is 4.79 Å². The molecule has 0 aromatic carbocycles. The molecule has 0 bridgehead atoms. The summed E-state index contributed by atoms with van der Waals surface area (Å²) < 4.78 is 0. The summed E-state index contributed by atoms with van der Waals surface area (Å²) in [6.45, 7) is 2.02. The molecule has 0 amide bonds. The molecule has 1 N–H and O–H groups in total. The van der Waals surface area contributed by atoms with Crippen LogP contribution in [0, 0.1) is 22.7 Å². The molecule has 5 nitrogen and oxygen atoms in total.